The molecular formula is C22H18ClN3O3S. The average molecular weight is 440 g/mol. The number of aryl methyl sites for hydroxylation is 1. The Hall–Kier alpha value is -3.16. The van der Waals surface area contributed by atoms with Gasteiger partial charge in [0, 0.05) is 25.1 Å². The summed E-state index contributed by atoms with van der Waals surface area (Å²) < 4.78 is 27.6. The molecule has 0 bridgehead atoms. The molecule has 6 nitrogen and oxygen atoms in total. The fourth-order valence-electron chi connectivity index (χ4n) is 3.07. The van der Waals surface area contributed by atoms with Crippen molar-refractivity contribution in [2.45, 2.75) is 23.3 Å². The van der Waals surface area contributed by atoms with Crippen LogP contribution in [0.4, 0.5) is 0 Å². The zero-order valence-corrected chi connectivity index (χ0v) is 17.6. The Kier molecular flexibility index (Phi) is 5.32. The molecule has 1 N–H and O–H groups in total. The first-order valence-corrected chi connectivity index (χ1v) is 11.0. The summed E-state index contributed by atoms with van der Waals surface area (Å²) in [5.74, 6) is -0.228. The van der Waals surface area contributed by atoms with Gasteiger partial charge in [-0.25, -0.2) is 13.4 Å². The van der Waals surface area contributed by atoms with Gasteiger partial charge in [-0.15, -0.1) is 0 Å². The first-order valence-electron chi connectivity index (χ1n) is 9.16. The highest BCUT2D eigenvalue weighted by molar-refractivity contribution is 7.91. The third kappa shape index (κ3) is 3.94. The number of sulfone groups is 1. The lowest BCUT2D eigenvalue weighted by Gasteiger charge is -2.09. The molecule has 0 aliphatic rings. The smallest absolute Gasteiger partial charge is 0.253 e. The number of benzene rings is 2. The van der Waals surface area contributed by atoms with Crippen LogP contribution in [-0.2, 0) is 16.4 Å². The van der Waals surface area contributed by atoms with E-state index >= 15 is 0 Å². The van der Waals surface area contributed by atoms with Gasteiger partial charge in [-0.3, -0.25) is 4.79 Å². The van der Waals surface area contributed by atoms with Gasteiger partial charge < -0.3 is 9.72 Å². The second-order valence-corrected chi connectivity index (χ2v) is 9.20. The summed E-state index contributed by atoms with van der Waals surface area (Å²) in [6.07, 6.45) is 5.14. The summed E-state index contributed by atoms with van der Waals surface area (Å²) in [5.41, 5.74) is 2.86. The van der Waals surface area contributed by atoms with Crippen molar-refractivity contribution in [3.8, 4) is 0 Å². The predicted molar refractivity (Wildman–Crippen MR) is 114 cm³/mol. The molecule has 2 aromatic heterocycles. The lowest BCUT2D eigenvalue weighted by atomic mass is 10.2. The van der Waals surface area contributed by atoms with Crippen molar-refractivity contribution in [3.63, 3.8) is 0 Å². The number of hydrogen-bond donors (Lipinski definition) is 1. The van der Waals surface area contributed by atoms with Gasteiger partial charge in [-0.2, -0.15) is 0 Å². The van der Waals surface area contributed by atoms with Crippen LogP contribution in [0.5, 0.6) is 0 Å². The minimum Gasteiger partial charge on any atom is -0.348 e. The molecule has 30 heavy (non-hydrogen) atoms. The van der Waals surface area contributed by atoms with Crippen LogP contribution in [0.15, 0.2) is 83.0 Å². The number of rotatable bonds is 5. The molecule has 0 aliphatic heterocycles. The van der Waals surface area contributed by atoms with Gasteiger partial charge in [0.25, 0.3) is 5.91 Å². The first-order chi connectivity index (χ1) is 14.3. The van der Waals surface area contributed by atoms with E-state index in [1.165, 1.54) is 12.1 Å². The molecule has 0 spiro atoms. The van der Waals surface area contributed by atoms with Crippen molar-refractivity contribution >= 4 is 33.0 Å². The molecule has 4 aromatic rings. The molecule has 0 atom stereocenters. The van der Waals surface area contributed by atoms with Gasteiger partial charge in [0.1, 0.15) is 5.65 Å². The lowest BCUT2D eigenvalue weighted by Crippen LogP contribution is -2.23. The van der Waals surface area contributed by atoms with E-state index in [1.54, 1.807) is 65.5 Å². The topological polar surface area (TPSA) is 80.5 Å². The molecule has 8 heteroatoms. The molecule has 0 radical (unpaired) electrons. The zero-order valence-electron chi connectivity index (χ0n) is 16.0. The zero-order chi connectivity index (χ0) is 21.3. The average Bonchev–Trinajstić information content (AvgIpc) is 3.22. The third-order valence-corrected chi connectivity index (χ3v) is 6.97. The number of aromatic nitrogens is 2. The molecule has 152 valence electrons. The second kappa shape index (κ2) is 7.93. The van der Waals surface area contributed by atoms with Crippen molar-refractivity contribution in [2.75, 3.05) is 0 Å². The number of fused-ring (bicyclic) bond motifs is 1. The van der Waals surface area contributed by atoms with Crippen LogP contribution in [0.1, 0.15) is 21.5 Å². The normalized spacial score (nSPS) is 11.5. The summed E-state index contributed by atoms with van der Waals surface area (Å²) in [6, 6.07) is 14.8. The monoisotopic (exact) mass is 439 g/mol. The number of pyridine rings is 1. The minimum atomic E-state index is -3.73. The van der Waals surface area contributed by atoms with E-state index in [-0.39, 0.29) is 27.3 Å². The number of hydrogen-bond acceptors (Lipinski definition) is 4. The van der Waals surface area contributed by atoms with Gasteiger partial charge in [0.15, 0.2) is 0 Å². The van der Waals surface area contributed by atoms with Crippen LogP contribution in [0.2, 0.25) is 5.02 Å². The van der Waals surface area contributed by atoms with Gasteiger partial charge in [-0.1, -0.05) is 29.8 Å². The predicted octanol–water partition coefficient (Wildman–Crippen LogP) is 4.06. The van der Waals surface area contributed by atoms with Crippen molar-refractivity contribution in [1.82, 2.24) is 14.7 Å². The Balaban J connectivity index is 1.48. The summed E-state index contributed by atoms with van der Waals surface area (Å²) in [6.45, 7) is 2.08. The highest BCUT2D eigenvalue weighted by Crippen LogP contribution is 2.28. The Morgan fingerprint density at radius 2 is 1.87 bits per heavy atom. The molecule has 4 rings (SSSR count). The number of amides is 1. The van der Waals surface area contributed by atoms with Crippen molar-refractivity contribution in [1.29, 1.82) is 0 Å². The van der Waals surface area contributed by atoms with Crippen LogP contribution in [0, 0.1) is 6.92 Å². The van der Waals surface area contributed by atoms with Crippen molar-refractivity contribution < 1.29 is 13.2 Å². The van der Waals surface area contributed by atoms with E-state index < -0.39 is 9.84 Å². The fourth-order valence-corrected chi connectivity index (χ4v) is 4.91. The molecule has 2 heterocycles. The number of nitrogens with one attached hydrogen (secondary N) is 1. The minimum absolute atomic E-state index is 0.0834. The van der Waals surface area contributed by atoms with Gasteiger partial charge in [0.2, 0.25) is 9.84 Å². The highest BCUT2D eigenvalue weighted by atomic mass is 35.5. The van der Waals surface area contributed by atoms with Crippen LogP contribution in [-0.4, -0.2) is 23.7 Å². The number of halogens is 1. The molecular weight excluding hydrogens is 422 g/mol. The van der Waals surface area contributed by atoms with Gasteiger partial charge >= 0.3 is 0 Å². The Bertz CT molecular complexity index is 1350. The quantitative estimate of drug-likeness (QED) is 0.508. The largest absolute Gasteiger partial charge is 0.348 e. The Labute approximate surface area is 179 Å². The van der Waals surface area contributed by atoms with Gasteiger partial charge in [0.05, 0.1) is 20.4 Å². The molecule has 0 unspecified atom stereocenters. The van der Waals surface area contributed by atoms with Crippen LogP contribution >= 0.6 is 11.6 Å². The van der Waals surface area contributed by atoms with Crippen molar-refractivity contribution in [2.24, 2.45) is 0 Å². The second-order valence-electron chi connectivity index (χ2n) is 6.87. The van der Waals surface area contributed by atoms with Gasteiger partial charge in [-0.05, 0) is 54.4 Å². The van der Waals surface area contributed by atoms with E-state index in [0.717, 1.165) is 16.8 Å². The maximum atomic E-state index is 12.9. The van der Waals surface area contributed by atoms with Crippen LogP contribution in [0.3, 0.4) is 0 Å². The fraction of sp³-hybridized carbons (Fsp3) is 0.0909. The highest BCUT2D eigenvalue weighted by Gasteiger charge is 2.21. The Morgan fingerprint density at radius 1 is 1.10 bits per heavy atom. The van der Waals surface area contributed by atoms with E-state index in [9.17, 15) is 13.2 Å². The third-order valence-electron chi connectivity index (χ3n) is 4.71. The van der Waals surface area contributed by atoms with E-state index in [0.29, 0.717) is 5.56 Å². The maximum absolute atomic E-state index is 12.9. The van der Waals surface area contributed by atoms with E-state index in [1.807, 2.05) is 6.92 Å². The van der Waals surface area contributed by atoms with E-state index in [2.05, 4.69) is 10.3 Å². The summed E-state index contributed by atoms with van der Waals surface area (Å²) >= 11 is 6.10. The van der Waals surface area contributed by atoms with Crippen LogP contribution in [0.25, 0.3) is 5.65 Å². The summed E-state index contributed by atoms with van der Waals surface area (Å²) in [5, 5.41) is 3.02. The number of nitrogens with zero attached hydrogens (tertiary/aromatic N) is 2. The molecule has 0 saturated heterocycles. The number of carbonyl (C=O) groups is 1. The van der Waals surface area contributed by atoms with E-state index in [4.69, 9.17) is 11.6 Å². The molecule has 1 amide bonds. The standard InChI is InChI=1S/C22H18ClN3O3S/c1-15-2-8-19(23)20(12-15)30(28,29)18-6-3-16(4-7-18)13-25-22(27)17-5-9-21-24-10-11-26(21)14-17/h2-12,14H,13H2,1H3,(H,25,27). The number of imidazole rings is 1. The Morgan fingerprint density at radius 3 is 2.63 bits per heavy atom. The lowest BCUT2D eigenvalue weighted by molar-refractivity contribution is 0.0950. The van der Waals surface area contributed by atoms with Crippen LogP contribution < -0.4 is 5.32 Å². The molecule has 2 aromatic carbocycles. The summed E-state index contributed by atoms with van der Waals surface area (Å²) in [4.78, 5) is 16.8. The summed E-state index contributed by atoms with van der Waals surface area (Å²) in [7, 11) is -3.73. The number of carbonyl (C=O) groups excluding carboxylic acids is 1. The SMILES string of the molecule is Cc1ccc(Cl)c(S(=O)(=O)c2ccc(CNC(=O)c3ccc4nccn4c3)cc2)c1. The molecule has 0 saturated carbocycles. The van der Waals surface area contributed by atoms with Crippen molar-refractivity contribution in [3.05, 3.63) is 94.9 Å². The molecule has 0 aliphatic carbocycles. The molecule has 0 fully saturated rings. The first kappa shape index (κ1) is 20.1. The maximum Gasteiger partial charge on any atom is 0.253 e.